The van der Waals surface area contributed by atoms with Gasteiger partial charge in [-0.2, -0.15) is 0 Å². The average Bonchev–Trinajstić information content (AvgIpc) is 2.94. The van der Waals surface area contributed by atoms with Gasteiger partial charge in [0.05, 0.1) is 20.1 Å². The highest BCUT2D eigenvalue weighted by molar-refractivity contribution is 6.41. The fourth-order valence-electron chi connectivity index (χ4n) is 4.82. The lowest BCUT2D eigenvalue weighted by atomic mass is 9.99. The van der Waals surface area contributed by atoms with Crippen molar-refractivity contribution < 1.29 is 19.1 Å². The van der Waals surface area contributed by atoms with E-state index < -0.39 is 17.9 Å². The Bertz CT molecular complexity index is 1040. The number of benzene rings is 2. The van der Waals surface area contributed by atoms with Gasteiger partial charge in [0.15, 0.2) is 17.4 Å². The molecule has 10 heteroatoms. The molecule has 240 valence electrons. The second-order valence-electron chi connectivity index (χ2n) is 10.9. The smallest absolute Gasteiger partial charge is 0.325 e. The zero-order valence-corrected chi connectivity index (χ0v) is 29.3. The first-order valence-corrected chi connectivity index (χ1v) is 17.6. The Morgan fingerprint density at radius 1 is 0.512 bits per heavy atom. The van der Waals surface area contributed by atoms with Crippen molar-refractivity contribution in [3.63, 3.8) is 0 Å². The molecule has 0 spiro atoms. The van der Waals surface area contributed by atoms with Crippen LogP contribution < -0.4 is 9.47 Å². The maximum absolute atomic E-state index is 13.2. The Morgan fingerprint density at radius 3 is 1.09 bits per heavy atom. The van der Waals surface area contributed by atoms with E-state index in [0.29, 0.717) is 6.42 Å². The van der Waals surface area contributed by atoms with Crippen LogP contribution in [0.2, 0.25) is 30.1 Å². The molecule has 0 aliphatic carbocycles. The van der Waals surface area contributed by atoms with Crippen molar-refractivity contribution in [1.82, 2.24) is 0 Å². The maximum atomic E-state index is 13.2. The predicted molar refractivity (Wildman–Crippen MR) is 182 cm³/mol. The summed E-state index contributed by atoms with van der Waals surface area (Å²) in [6.07, 6.45) is 19.7. The normalized spacial score (nSPS) is 11.3. The first-order chi connectivity index (χ1) is 20.6. The highest BCUT2D eigenvalue weighted by Gasteiger charge is 2.32. The maximum Gasteiger partial charge on any atom is 0.325 e. The summed E-state index contributed by atoms with van der Waals surface area (Å²) in [7, 11) is 0. The zero-order valence-electron chi connectivity index (χ0n) is 24.8. The number of carbonyl (C=O) groups excluding carboxylic acids is 2. The summed E-state index contributed by atoms with van der Waals surface area (Å²) in [4.78, 5) is 26.4. The Balaban J connectivity index is 1.81. The van der Waals surface area contributed by atoms with Crippen LogP contribution in [0.15, 0.2) is 24.3 Å². The third-order valence-corrected chi connectivity index (χ3v) is 8.81. The van der Waals surface area contributed by atoms with E-state index in [0.717, 1.165) is 19.3 Å². The van der Waals surface area contributed by atoms with E-state index in [2.05, 4.69) is 6.92 Å². The minimum Gasteiger partial charge on any atom is -0.423 e. The van der Waals surface area contributed by atoms with Gasteiger partial charge in [0, 0.05) is 10.0 Å². The largest absolute Gasteiger partial charge is 0.423 e. The van der Waals surface area contributed by atoms with Crippen molar-refractivity contribution >= 4 is 81.5 Å². The van der Waals surface area contributed by atoms with Crippen molar-refractivity contribution in [3.8, 4) is 11.5 Å². The summed E-state index contributed by atoms with van der Waals surface area (Å²) >= 11 is 36.7. The van der Waals surface area contributed by atoms with E-state index in [1.807, 2.05) is 0 Å². The minimum atomic E-state index is -1.25. The molecule has 0 unspecified atom stereocenters. The lowest BCUT2D eigenvalue weighted by molar-refractivity contribution is -0.151. The molecular formula is C33H42Cl6O4. The first kappa shape index (κ1) is 38.3. The highest BCUT2D eigenvalue weighted by Crippen LogP contribution is 2.38. The zero-order chi connectivity index (χ0) is 31.6. The number of carbonyl (C=O) groups is 2. The van der Waals surface area contributed by atoms with Crippen molar-refractivity contribution in [1.29, 1.82) is 0 Å². The van der Waals surface area contributed by atoms with Crippen LogP contribution >= 0.6 is 69.6 Å². The molecule has 0 heterocycles. The van der Waals surface area contributed by atoms with E-state index in [9.17, 15) is 9.59 Å². The fraction of sp³-hybridized carbons (Fsp3) is 0.576. The molecule has 2 aromatic rings. The molecule has 2 rings (SSSR count). The number of rotatable bonds is 21. The van der Waals surface area contributed by atoms with Crippen LogP contribution in [0.1, 0.15) is 116 Å². The van der Waals surface area contributed by atoms with Gasteiger partial charge in [0.25, 0.3) is 0 Å². The van der Waals surface area contributed by atoms with Crippen molar-refractivity contribution in [2.24, 2.45) is 5.92 Å². The average molecular weight is 715 g/mol. The van der Waals surface area contributed by atoms with E-state index in [1.165, 1.54) is 101 Å². The van der Waals surface area contributed by atoms with Crippen molar-refractivity contribution in [3.05, 3.63) is 54.4 Å². The number of hydrogen-bond donors (Lipinski definition) is 0. The third kappa shape index (κ3) is 14.8. The Hall–Kier alpha value is -0.880. The molecule has 0 saturated carbocycles. The number of hydrogen-bond acceptors (Lipinski definition) is 4. The Kier molecular flexibility index (Phi) is 19.4. The monoisotopic (exact) mass is 712 g/mol. The van der Waals surface area contributed by atoms with Gasteiger partial charge >= 0.3 is 11.9 Å². The van der Waals surface area contributed by atoms with E-state index in [4.69, 9.17) is 79.1 Å². The fourth-order valence-corrected chi connectivity index (χ4v) is 6.61. The third-order valence-electron chi connectivity index (χ3n) is 7.25. The molecule has 0 saturated heterocycles. The SMILES string of the molecule is CCCCCCCCCCCCCCCCCCC(C(=O)Oc1c(Cl)cc(Cl)cc1Cl)C(=O)Oc1c(Cl)cc(Cl)cc1Cl. The summed E-state index contributed by atoms with van der Waals surface area (Å²) in [6.45, 7) is 2.25. The van der Waals surface area contributed by atoms with Gasteiger partial charge in [-0.1, -0.05) is 179 Å². The van der Waals surface area contributed by atoms with Crippen molar-refractivity contribution in [2.75, 3.05) is 0 Å². The summed E-state index contributed by atoms with van der Waals surface area (Å²) < 4.78 is 10.9. The van der Waals surface area contributed by atoms with Crippen LogP contribution in [-0.4, -0.2) is 11.9 Å². The molecule has 0 atom stereocenters. The van der Waals surface area contributed by atoms with E-state index >= 15 is 0 Å². The second-order valence-corrected chi connectivity index (χ2v) is 13.4. The molecule has 2 aromatic carbocycles. The number of halogens is 6. The highest BCUT2D eigenvalue weighted by atomic mass is 35.5. The molecule has 0 N–H and O–H groups in total. The van der Waals surface area contributed by atoms with Crippen LogP contribution in [0.4, 0.5) is 0 Å². The lowest BCUT2D eigenvalue weighted by Gasteiger charge is -2.17. The van der Waals surface area contributed by atoms with E-state index in [1.54, 1.807) is 0 Å². The topological polar surface area (TPSA) is 52.6 Å². The molecule has 0 aliphatic rings. The molecule has 43 heavy (non-hydrogen) atoms. The van der Waals surface area contributed by atoms with Crippen LogP contribution in [-0.2, 0) is 9.59 Å². The van der Waals surface area contributed by atoms with Crippen LogP contribution in [0, 0.1) is 5.92 Å². The molecule has 0 amide bonds. The molecular weight excluding hydrogens is 673 g/mol. The molecule has 0 fully saturated rings. The van der Waals surface area contributed by atoms with Gasteiger partial charge < -0.3 is 9.47 Å². The first-order valence-electron chi connectivity index (χ1n) is 15.4. The predicted octanol–water partition coefficient (Wildman–Crippen LogP) is 13.4. The van der Waals surface area contributed by atoms with Gasteiger partial charge in [-0.15, -0.1) is 0 Å². The number of ether oxygens (including phenoxy) is 2. The summed E-state index contributed by atoms with van der Waals surface area (Å²) in [6, 6.07) is 5.59. The summed E-state index contributed by atoms with van der Waals surface area (Å²) in [5.74, 6) is -3.11. The van der Waals surface area contributed by atoms with Crippen LogP contribution in [0.5, 0.6) is 11.5 Å². The molecule has 0 radical (unpaired) electrons. The van der Waals surface area contributed by atoms with Gasteiger partial charge in [0.1, 0.15) is 0 Å². The Morgan fingerprint density at radius 2 is 0.791 bits per heavy atom. The summed E-state index contributed by atoms with van der Waals surface area (Å²) in [5, 5.41) is 0.749. The second kappa shape index (κ2) is 21.8. The standard InChI is InChI=1S/C33H42Cl6O4/c1-2-3-4-5-6-7-8-9-10-11-12-13-14-15-16-17-18-25(32(40)42-30-26(36)19-23(34)20-27(30)37)33(41)43-31-28(38)21-24(35)22-29(31)39/h19-22,25H,2-18H2,1H3. The number of unbranched alkanes of at least 4 members (excludes halogenated alkanes) is 15. The quantitative estimate of drug-likeness (QED) is 0.0559. The molecule has 0 aliphatic heterocycles. The van der Waals surface area contributed by atoms with Gasteiger partial charge in [-0.25, -0.2) is 0 Å². The Labute approximate surface area is 287 Å². The number of esters is 2. The summed E-state index contributed by atoms with van der Waals surface area (Å²) in [5.41, 5.74) is 0. The minimum absolute atomic E-state index is 0.0455. The molecule has 0 aromatic heterocycles. The van der Waals surface area contributed by atoms with Gasteiger partial charge in [-0.05, 0) is 30.7 Å². The molecule has 4 nitrogen and oxygen atoms in total. The van der Waals surface area contributed by atoms with Crippen LogP contribution in [0.25, 0.3) is 0 Å². The van der Waals surface area contributed by atoms with Gasteiger partial charge in [-0.3, -0.25) is 9.59 Å². The van der Waals surface area contributed by atoms with Gasteiger partial charge in [0.2, 0.25) is 0 Å². The van der Waals surface area contributed by atoms with Crippen molar-refractivity contribution in [2.45, 2.75) is 116 Å². The van der Waals surface area contributed by atoms with E-state index in [-0.39, 0.29) is 48.1 Å². The molecule has 0 bridgehead atoms. The van der Waals surface area contributed by atoms with Crippen LogP contribution in [0.3, 0.4) is 0 Å². The lowest BCUT2D eigenvalue weighted by Crippen LogP contribution is -2.32.